The number of carbonyl (C=O) groups is 1. The van der Waals surface area contributed by atoms with Crippen molar-refractivity contribution in [3.05, 3.63) is 107 Å². The first-order valence-electron chi connectivity index (χ1n) is 11.4. The molecule has 35 heavy (non-hydrogen) atoms. The topological polar surface area (TPSA) is 73.3 Å². The molecule has 1 aromatic heterocycles. The monoisotopic (exact) mass is 465 g/mol. The van der Waals surface area contributed by atoms with Gasteiger partial charge in [-0.3, -0.25) is 4.79 Å². The van der Waals surface area contributed by atoms with Crippen molar-refractivity contribution in [2.75, 3.05) is 11.9 Å². The van der Waals surface area contributed by atoms with Crippen LogP contribution in [0.2, 0.25) is 0 Å². The molecule has 4 aromatic rings. The first kappa shape index (κ1) is 23.7. The number of benzene rings is 3. The van der Waals surface area contributed by atoms with E-state index in [1.807, 2.05) is 99.6 Å². The highest BCUT2D eigenvalue weighted by atomic mass is 16.5. The lowest BCUT2D eigenvalue weighted by atomic mass is 10.0. The van der Waals surface area contributed by atoms with E-state index in [0.717, 1.165) is 28.3 Å². The highest BCUT2D eigenvalue weighted by Gasteiger charge is 2.13. The molecule has 1 N–H and O–H groups in total. The van der Waals surface area contributed by atoms with Crippen LogP contribution in [0.15, 0.2) is 84.9 Å². The Bertz CT molecular complexity index is 1310. The van der Waals surface area contributed by atoms with Gasteiger partial charge < -0.3 is 14.8 Å². The maximum atomic E-state index is 13.4. The number of rotatable bonds is 8. The molecule has 0 bridgehead atoms. The number of aryl methyl sites for hydroxylation is 2. The Balaban J connectivity index is 1.58. The van der Waals surface area contributed by atoms with Gasteiger partial charge in [-0.05, 0) is 68.3 Å². The van der Waals surface area contributed by atoms with E-state index in [1.165, 1.54) is 0 Å². The average molecular weight is 466 g/mol. The zero-order chi connectivity index (χ0) is 24.6. The minimum absolute atomic E-state index is 0.232. The largest absolute Gasteiger partial charge is 0.494 e. The highest BCUT2D eigenvalue weighted by Crippen LogP contribution is 2.25. The minimum Gasteiger partial charge on any atom is -0.494 e. The van der Waals surface area contributed by atoms with E-state index in [4.69, 9.17) is 9.47 Å². The van der Waals surface area contributed by atoms with Crippen molar-refractivity contribution in [3.63, 3.8) is 0 Å². The van der Waals surface area contributed by atoms with Gasteiger partial charge in [-0.25, -0.2) is 9.97 Å². The summed E-state index contributed by atoms with van der Waals surface area (Å²) in [7, 11) is 0. The Kier molecular flexibility index (Phi) is 7.53. The third-order valence-corrected chi connectivity index (χ3v) is 5.09. The third-order valence-electron chi connectivity index (χ3n) is 5.09. The van der Waals surface area contributed by atoms with E-state index in [9.17, 15) is 4.79 Å². The summed E-state index contributed by atoms with van der Waals surface area (Å²) in [6.07, 6.45) is 1.87. The molecule has 1 amide bonds. The van der Waals surface area contributed by atoms with Crippen LogP contribution in [0.4, 0.5) is 5.69 Å². The lowest BCUT2D eigenvalue weighted by Crippen LogP contribution is -2.13. The first-order chi connectivity index (χ1) is 17.0. The van der Waals surface area contributed by atoms with Crippen LogP contribution < -0.4 is 14.8 Å². The molecule has 0 aliphatic rings. The number of amides is 1. The van der Waals surface area contributed by atoms with Crippen LogP contribution in [0.25, 0.3) is 11.6 Å². The zero-order valence-electron chi connectivity index (χ0n) is 20.0. The molecule has 0 atom stereocenters. The lowest BCUT2D eigenvalue weighted by molar-refractivity contribution is -0.111. The van der Waals surface area contributed by atoms with Gasteiger partial charge in [-0.15, -0.1) is 0 Å². The Morgan fingerprint density at radius 2 is 1.57 bits per heavy atom. The van der Waals surface area contributed by atoms with Gasteiger partial charge in [0.25, 0.3) is 5.91 Å². The summed E-state index contributed by atoms with van der Waals surface area (Å²) in [4.78, 5) is 22.0. The number of ether oxygens (including phenoxy) is 2. The Morgan fingerprint density at radius 1 is 0.857 bits per heavy atom. The van der Waals surface area contributed by atoms with Gasteiger partial charge in [-0.2, -0.15) is 0 Å². The van der Waals surface area contributed by atoms with Gasteiger partial charge in [-0.1, -0.05) is 48.5 Å². The maximum Gasteiger partial charge on any atom is 0.322 e. The van der Waals surface area contributed by atoms with Gasteiger partial charge in [0.15, 0.2) is 0 Å². The Labute approximate surface area is 205 Å². The van der Waals surface area contributed by atoms with Crippen molar-refractivity contribution in [3.8, 4) is 17.5 Å². The van der Waals surface area contributed by atoms with E-state index >= 15 is 0 Å². The van der Waals surface area contributed by atoms with Crippen LogP contribution in [0.3, 0.4) is 0 Å². The molecule has 0 saturated heterocycles. The zero-order valence-corrected chi connectivity index (χ0v) is 20.0. The predicted molar refractivity (Wildman–Crippen MR) is 139 cm³/mol. The Morgan fingerprint density at radius 3 is 2.26 bits per heavy atom. The first-order valence-corrected chi connectivity index (χ1v) is 11.4. The second kappa shape index (κ2) is 11.1. The molecule has 0 radical (unpaired) electrons. The second-order valence-electron chi connectivity index (χ2n) is 7.94. The number of aromatic nitrogens is 2. The number of anilines is 1. The van der Waals surface area contributed by atoms with Crippen molar-refractivity contribution in [2.24, 2.45) is 0 Å². The molecular weight excluding hydrogens is 438 g/mol. The Hall–Kier alpha value is -4.45. The SMILES string of the molecule is CCOc1ccc(/C=C(/C(=O)Nc2cccc(Oc3nc(C)cc(C)n3)c2)c2ccccc2)cc1. The van der Waals surface area contributed by atoms with Gasteiger partial charge in [0, 0.05) is 28.7 Å². The minimum atomic E-state index is -0.232. The molecule has 3 aromatic carbocycles. The number of nitrogens with one attached hydrogen (secondary N) is 1. The van der Waals surface area contributed by atoms with Gasteiger partial charge in [0.2, 0.25) is 0 Å². The summed E-state index contributed by atoms with van der Waals surface area (Å²) in [5, 5.41) is 2.99. The number of hydrogen-bond acceptors (Lipinski definition) is 5. The second-order valence-corrected chi connectivity index (χ2v) is 7.94. The standard InChI is InChI=1S/C29H27N3O3/c1-4-34-25-15-13-22(14-16-25)18-27(23-9-6-5-7-10-23)28(33)32-24-11-8-12-26(19-24)35-29-30-20(2)17-21(3)31-29/h5-19H,4H2,1-3H3,(H,32,33)/b27-18+. The van der Waals surface area contributed by atoms with Crippen LogP contribution in [0.5, 0.6) is 17.5 Å². The van der Waals surface area contributed by atoms with Crippen molar-refractivity contribution in [1.82, 2.24) is 9.97 Å². The summed E-state index contributed by atoms with van der Waals surface area (Å²) >= 11 is 0. The van der Waals surface area contributed by atoms with Crippen LogP contribution in [-0.2, 0) is 4.79 Å². The lowest BCUT2D eigenvalue weighted by Gasteiger charge is -2.12. The van der Waals surface area contributed by atoms with Crippen molar-refractivity contribution in [2.45, 2.75) is 20.8 Å². The third kappa shape index (κ3) is 6.54. The van der Waals surface area contributed by atoms with Crippen LogP contribution in [-0.4, -0.2) is 22.5 Å². The summed E-state index contributed by atoms with van der Waals surface area (Å²) in [6.45, 7) is 6.33. The fourth-order valence-corrected chi connectivity index (χ4v) is 3.57. The molecule has 6 heteroatoms. The van der Waals surface area contributed by atoms with Crippen LogP contribution in [0.1, 0.15) is 29.4 Å². The molecular formula is C29H27N3O3. The molecule has 0 spiro atoms. The molecule has 1 heterocycles. The number of carbonyl (C=O) groups excluding carboxylic acids is 1. The van der Waals surface area contributed by atoms with Gasteiger partial charge >= 0.3 is 6.01 Å². The smallest absolute Gasteiger partial charge is 0.322 e. The summed E-state index contributed by atoms with van der Waals surface area (Å²) < 4.78 is 11.4. The van der Waals surface area contributed by atoms with Gasteiger partial charge in [0.05, 0.1) is 6.61 Å². The van der Waals surface area contributed by atoms with E-state index in [2.05, 4.69) is 15.3 Å². The van der Waals surface area contributed by atoms with Crippen molar-refractivity contribution >= 4 is 23.2 Å². The normalized spacial score (nSPS) is 11.1. The quantitative estimate of drug-likeness (QED) is 0.239. The molecule has 176 valence electrons. The molecule has 0 saturated carbocycles. The summed E-state index contributed by atoms with van der Waals surface area (Å²) in [6, 6.07) is 26.5. The molecule has 0 fully saturated rings. The fourth-order valence-electron chi connectivity index (χ4n) is 3.57. The number of hydrogen-bond donors (Lipinski definition) is 1. The average Bonchev–Trinajstić information content (AvgIpc) is 2.84. The van der Waals surface area contributed by atoms with Crippen LogP contribution in [0, 0.1) is 13.8 Å². The molecule has 6 nitrogen and oxygen atoms in total. The highest BCUT2D eigenvalue weighted by molar-refractivity contribution is 6.29. The molecule has 0 unspecified atom stereocenters. The summed E-state index contributed by atoms with van der Waals surface area (Å²) in [5.74, 6) is 1.09. The van der Waals surface area contributed by atoms with Crippen LogP contribution >= 0.6 is 0 Å². The van der Waals surface area contributed by atoms with E-state index in [1.54, 1.807) is 12.1 Å². The molecule has 0 aliphatic heterocycles. The molecule has 0 aliphatic carbocycles. The molecule has 4 rings (SSSR count). The summed E-state index contributed by atoms with van der Waals surface area (Å²) in [5.41, 5.74) is 4.50. The number of nitrogens with zero attached hydrogens (tertiary/aromatic N) is 2. The fraction of sp³-hybridized carbons (Fsp3) is 0.138. The van der Waals surface area contributed by atoms with Gasteiger partial charge in [0.1, 0.15) is 11.5 Å². The van der Waals surface area contributed by atoms with E-state index in [-0.39, 0.29) is 11.9 Å². The predicted octanol–water partition coefficient (Wildman–Crippen LogP) is 6.46. The van der Waals surface area contributed by atoms with E-state index < -0.39 is 0 Å². The van der Waals surface area contributed by atoms with Crippen molar-refractivity contribution < 1.29 is 14.3 Å². The van der Waals surface area contributed by atoms with E-state index in [0.29, 0.717) is 23.6 Å². The maximum absolute atomic E-state index is 13.4. The van der Waals surface area contributed by atoms with Crippen molar-refractivity contribution in [1.29, 1.82) is 0 Å².